The van der Waals surface area contributed by atoms with E-state index in [1.165, 1.54) is 19.1 Å². The quantitative estimate of drug-likeness (QED) is 0.869. The molecular formula is C14H16F3NO3. The lowest BCUT2D eigenvalue weighted by Crippen LogP contribution is -2.37. The van der Waals surface area contributed by atoms with Crippen LogP contribution in [0.25, 0.3) is 0 Å². The molecule has 4 nitrogen and oxygen atoms in total. The maximum atomic E-state index is 13.2. The fourth-order valence-corrected chi connectivity index (χ4v) is 2.24. The number of benzene rings is 1. The lowest BCUT2D eigenvalue weighted by atomic mass is 10.0. The van der Waals surface area contributed by atoms with Gasteiger partial charge in [-0.1, -0.05) is 0 Å². The number of anilines is 1. The van der Waals surface area contributed by atoms with Gasteiger partial charge in [0.15, 0.2) is 5.78 Å². The predicted octanol–water partition coefficient (Wildman–Crippen LogP) is 2.11. The van der Waals surface area contributed by atoms with Crippen molar-refractivity contribution in [2.45, 2.75) is 19.2 Å². The summed E-state index contributed by atoms with van der Waals surface area (Å²) in [5, 5.41) is 9.23. The first-order chi connectivity index (χ1) is 9.80. The maximum absolute atomic E-state index is 13.2. The van der Waals surface area contributed by atoms with E-state index in [4.69, 9.17) is 4.74 Å². The predicted molar refractivity (Wildman–Crippen MR) is 70.5 cm³/mol. The first-order valence-corrected chi connectivity index (χ1v) is 6.57. The van der Waals surface area contributed by atoms with E-state index in [-0.39, 0.29) is 11.3 Å². The number of aliphatic hydroxyl groups excluding tert-OH is 1. The molecule has 116 valence electrons. The van der Waals surface area contributed by atoms with Crippen molar-refractivity contribution >= 4 is 11.5 Å². The number of alkyl halides is 3. The van der Waals surface area contributed by atoms with E-state index in [1.807, 2.05) is 0 Å². The monoisotopic (exact) mass is 303 g/mol. The molecule has 0 saturated carbocycles. The molecule has 0 bridgehead atoms. The second-order valence-corrected chi connectivity index (χ2v) is 4.87. The van der Waals surface area contributed by atoms with Crippen LogP contribution >= 0.6 is 0 Å². The molecule has 1 aromatic carbocycles. The van der Waals surface area contributed by atoms with Gasteiger partial charge in [-0.25, -0.2) is 0 Å². The van der Waals surface area contributed by atoms with Crippen LogP contribution in [0.15, 0.2) is 18.2 Å². The van der Waals surface area contributed by atoms with Gasteiger partial charge in [0.1, 0.15) is 6.10 Å². The fraction of sp³-hybridized carbons (Fsp3) is 0.500. The molecule has 0 aromatic heterocycles. The summed E-state index contributed by atoms with van der Waals surface area (Å²) >= 11 is 0. The van der Waals surface area contributed by atoms with Gasteiger partial charge in [0.05, 0.1) is 18.8 Å². The van der Waals surface area contributed by atoms with Crippen molar-refractivity contribution in [1.29, 1.82) is 0 Å². The van der Waals surface area contributed by atoms with Crippen LogP contribution in [0.5, 0.6) is 0 Å². The smallest absolute Gasteiger partial charge is 0.385 e. The van der Waals surface area contributed by atoms with E-state index in [1.54, 1.807) is 4.90 Å². The van der Waals surface area contributed by atoms with Crippen LogP contribution in [0.3, 0.4) is 0 Å². The Morgan fingerprint density at radius 2 is 1.95 bits per heavy atom. The van der Waals surface area contributed by atoms with Crippen LogP contribution < -0.4 is 4.90 Å². The molecule has 0 radical (unpaired) electrons. The zero-order valence-electron chi connectivity index (χ0n) is 11.5. The van der Waals surface area contributed by atoms with Crippen LogP contribution in [0, 0.1) is 0 Å². The Bertz CT molecular complexity index is 523. The van der Waals surface area contributed by atoms with E-state index in [9.17, 15) is 23.1 Å². The van der Waals surface area contributed by atoms with Crippen molar-refractivity contribution in [3.63, 3.8) is 0 Å². The molecule has 1 aliphatic heterocycles. The Morgan fingerprint density at radius 1 is 1.33 bits per heavy atom. The van der Waals surface area contributed by atoms with E-state index in [2.05, 4.69) is 0 Å². The minimum absolute atomic E-state index is 0.0351. The molecule has 1 saturated heterocycles. The number of hydrogen-bond acceptors (Lipinski definition) is 4. The number of nitrogens with zero attached hydrogens (tertiary/aromatic N) is 1. The van der Waals surface area contributed by atoms with Crippen molar-refractivity contribution in [3.8, 4) is 0 Å². The summed E-state index contributed by atoms with van der Waals surface area (Å²) in [5.41, 5.74) is -0.974. The Kier molecular flexibility index (Phi) is 4.53. The van der Waals surface area contributed by atoms with Gasteiger partial charge in [-0.05, 0) is 25.1 Å². The summed E-state index contributed by atoms with van der Waals surface area (Å²) in [4.78, 5) is 13.2. The number of morpholine rings is 1. The third-order valence-corrected chi connectivity index (χ3v) is 3.32. The normalized spacial score (nSPS) is 17.7. The lowest BCUT2D eigenvalue weighted by molar-refractivity contribution is -0.137. The van der Waals surface area contributed by atoms with Crippen molar-refractivity contribution in [3.05, 3.63) is 29.3 Å². The summed E-state index contributed by atoms with van der Waals surface area (Å²) in [7, 11) is 0. The van der Waals surface area contributed by atoms with Gasteiger partial charge in [0.25, 0.3) is 0 Å². The lowest BCUT2D eigenvalue weighted by Gasteiger charge is -2.31. The highest BCUT2D eigenvalue weighted by atomic mass is 19.4. The zero-order chi connectivity index (χ0) is 15.6. The Morgan fingerprint density at radius 3 is 2.48 bits per heavy atom. The number of halogens is 3. The van der Waals surface area contributed by atoms with Crippen LogP contribution in [0.4, 0.5) is 18.9 Å². The molecule has 0 amide bonds. The number of carbonyl (C=O) groups is 1. The number of carbonyl (C=O) groups excluding carboxylic acids is 1. The van der Waals surface area contributed by atoms with E-state index < -0.39 is 23.6 Å². The average Bonchev–Trinajstić information content (AvgIpc) is 2.45. The topological polar surface area (TPSA) is 49.8 Å². The third kappa shape index (κ3) is 3.54. The van der Waals surface area contributed by atoms with Crippen LogP contribution in [-0.4, -0.2) is 43.3 Å². The second kappa shape index (κ2) is 6.03. The maximum Gasteiger partial charge on any atom is 0.418 e. The molecule has 1 atom stereocenters. The minimum atomic E-state index is -4.57. The van der Waals surface area contributed by atoms with Crippen molar-refractivity contribution < 1.29 is 27.8 Å². The molecule has 1 aromatic rings. The standard InChI is InChI=1S/C14H16F3NO3/c1-9(19)13(20)10-2-3-12(11(8-10)14(15,16)17)18-4-6-21-7-5-18/h2-3,8-9,19H,4-7H2,1H3/t9-/m0/s1. The van der Waals surface area contributed by atoms with E-state index >= 15 is 0 Å². The van der Waals surface area contributed by atoms with Crippen molar-refractivity contribution in [2.24, 2.45) is 0 Å². The van der Waals surface area contributed by atoms with Gasteiger partial charge in [-0.15, -0.1) is 0 Å². The summed E-state index contributed by atoms with van der Waals surface area (Å²) in [5.74, 6) is -0.728. The number of ketones is 1. The zero-order valence-corrected chi connectivity index (χ0v) is 11.5. The summed E-state index contributed by atoms with van der Waals surface area (Å²) in [6.07, 6.45) is -5.90. The number of Topliss-reactive ketones (excluding diaryl/α,β-unsaturated/α-hetero) is 1. The van der Waals surface area contributed by atoms with Gasteiger partial charge in [-0.3, -0.25) is 4.79 Å². The number of ether oxygens (including phenoxy) is 1. The molecule has 1 N–H and O–H groups in total. The van der Waals surface area contributed by atoms with Gasteiger partial charge >= 0.3 is 6.18 Å². The number of rotatable bonds is 3. The Labute approximate surface area is 120 Å². The van der Waals surface area contributed by atoms with Gasteiger partial charge in [0.2, 0.25) is 0 Å². The number of hydrogen-bond donors (Lipinski definition) is 1. The molecule has 1 fully saturated rings. The Balaban J connectivity index is 2.43. The highest BCUT2D eigenvalue weighted by Gasteiger charge is 2.36. The molecule has 2 rings (SSSR count). The minimum Gasteiger partial charge on any atom is -0.385 e. The van der Waals surface area contributed by atoms with Gasteiger partial charge < -0.3 is 14.7 Å². The van der Waals surface area contributed by atoms with Gasteiger partial charge in [-0.2, -0.15) is 13.2 Å². The highest BCUT2D eigenvalue weighted by molar-refractivity contribution is 5.99. The van der Waals surface area contributed by atoms with Crippen LogP contribution in [0.1, 0.15) is 22.8 Å². The molecule has 1 heterocycles. The summed E-state index contributed by atoms with van der Waals surface area (Å²) in [6, 6.07) is 3.40. The molecule has 0 aliphatic carbocycles. The molecule has 0 spiro atoms. The van der Waals surface area contributed by atoms with E-state index in [0.717, 1.165) is 6.07 Å². The molecule has 7 heteroatoms. The molecular weight excluding hydrogens is 287 g/mol. The third-order valence-electron chi connectivity index (χ3n) is 3.32. The van der Waals surface area contributed by atoms with E-state index in [0.29, 0.717) is 26.3 Å². The van der Waals surface area contributed by atoms with Crippen molar-refractivity contribution in [2.75, 3.05) is 31.2 Å². The SMILES string of the molecule is C[C@H](O)C(=O)c1ccc(N2CCOCC2)c(C(F)(F)F)c1. The number of aliphatic hydroxyl groups is 1. The second-order valence-electron chi connectivity index (χ2n) is 4.87. The fourth-order valence-electron chi connectivity index (χ4n) is 2.24. The first-order valence-electron chi connectivity index (χ1n) is 6.57. The van der Waals surface area contributed by atoms with Crippen LogP contribution in [-0.2, 0) is 10.9 Å². The average molecular weight is 303 g/mol. The highest BCUT2D eigenvalue weighted by Crippen LogP contribution is 2.37. The molecule has 21 heavy (non-hydrogen) atoms. The largest absolute Gasteiger partial charge is 0.418 e. The first kappa shape index (κ1) is 15.8. The Hall–Kier alpha value is -1.60. The molecule has 0 unspecified atom stereocenters. The summed E-state index contributed by atoms with van der Waals surface area (Å²) < 4.78 is 44.8. The van der Waals surface area contributed by atoms with Crippen LogP contribution in [0.2, 0.25) is 0 Å². The van der Waals surface area contributed by atoms with Crippen molar-refractivity contribution in [1.82, 2.24) is 0 Å². The van der Waals surface area contributed by atoms with Gasteiger partial charge in [0, 0.05) is 24.3 Å². The summed E-state index contributed by atoms with van der Waals surface area (Å²) in [6.45, 7) is 2.70. The molecule has 1 aliphatic rings.